The molecular weight excluding hydrogens is 212 g/mol. The Hall–Kier alpha value is -1.68. The second-order valence-corrected chi connectivity index (χ2v) is 5.08. The molecule has 0 spiro atoms. The summed E-state index contributed by atoms with van der Waals surface area (Å²) in [5.74, 6) is 0.816. The molecule has 0 saturated heterocycles. The zero-order valence-electron chi connectivity index (χ0n) is 10.5. The Labute approximate surface area is 102 Å². The van der Waals surface area contributed by atoms with Gasteiger partial charge in [-0.15, -0.1) is 0 Å². The van der Waals surface area contributed by atoms with E-state index in [-0.39, 0.29) is 5.54 Å². The Kier molecular flexibility index (Phi) is 3.24. The molecule has 2 N–H and O–H groups in total. The van der Waals surface area contributed by atoms with E-state index in [4.69, 9.17) is 0 Å². The molecule has 0 unspecified atom stereocenters. The largest absolute Gasteiger partial charge is 0.339 e. The number of nitrogens with one attached hydrogen (secondary N) is 2. The van der Waals surface area contributed by atoms with E-state index >= 15 is 0 Å². The van der Waals surface area contributed by atoms with E-state index in [0.717, 1.165) is 23.8 Å². The van der Waals surface area contributed by atoms with Crippen LogP contribution in [0.15, 0.2) is 30.6 Å². The molecule has 0 aliphatic heterocycles. The predicted molar refractivity (Wildman–Crippen MR) is 68.4 cm³/mol. The van der Waals surface area contributed by atoms with Crippen LogP contribution in [0.2, 0.25) is 0 Å². The SMILES string of the molecule is CC(C)(C)NCc1cnc(-c2ccccn2)[nH]1. The van der Waals surface area contributed by atoms with Gasteiger partial charge in [0.05, 0.1) is 6.20 Å². The lowest BCUT2D eigenvalue weighted by molar-refractivity contribution is 0.422. The summed E-state index contributed by atoms with van der Waals surface area (Å²) in [7, 11) is 0. The molecule has 0 fully saturated rings. The Morgan fingerprint density at radius 3 is 2.71 bits per heavy atom. The zero-order chi connectivity index (χ0) is 12.3. The minimum atomic E-state index is 0.107. The number of rotatable bonds is 3. The first-order valence-corrected chi connectivity index (χ1v) is 5.75. The number of hydrogen-bond donors (Lipinski definition) is 2. The van der Waals surface area contributed by atoms with E-state index in [1.807, 2.05) is 24.4 Å². The predicted octanol–water partition coefficient (Wildman–Crippen LogP) is 2.36. The number of hydrogen-bond acceptors (Lipinski definition) is 3. The van der Waals surface area contributed by atoms with Crippen LogP contribution in [0.25, 0.3) is 11.5 Å². The highest BCUT2D eigenvalue weighted by molar-refractivity contribution is 5.48. The van der Waals surface area contributed by atoms with Crippen molar-refractivity contribution in [2.75, 3.05) is 0 Å². The van der Waals surface area contributed by atoms with Gasteiger partial charge in [-0.2, -0.15) is 0 Å². The maximum atomic E-state index is 4.33. The van der Waals surface area contributed by atoms with E-state index in [9.17, 15) is 0 Å². The van der Waals surface area contributed by atoms with Gasteiger partial charge in [0.1, 0.15) is 5.69 Å². The van der Waals surface area contributed by atoms with E-state index < -0.39 is 0 Å². The molecule has 2 rings (SSSR count). The molecule has 2 heterocycles. The van der Waals surface area contributed by atoms with E-state index in [2.05, 4.69) is 41.0 Å². The van der Waals surface area contributed by atoms with Gasteiger partial charge in [0.2, 0.25) is 0 Å². The van der Waals surface area contributed by atoms with Crippen molar-refractivity contribution in [1.82, 2.24) is 20.3 Å². The normalized spacial score (nSPS) is 11.7. The highest BCUT2D eigenvalue weighted by Crippen LogP contribution is 2.12. The quantitative estimate of drug-likeness (QED) is 0.851. The number of imidazole rings is 1. The molecule has 90 valence electrons. The van der Waals surface area contributed by atoms with Crippen LogP contribution >= 0.6 is 0 Å². The van der Waals surface area contributed by atoms with Gasteiger partial charge in [-0.05, 0) is 32.9 Å². The maximum Gasteiger partial charge on any atom is 0.156 e. The fourth-order valence-corrected chi connectivity index (χ4v) is 1.44. The van der Waals surface area contributed by atoms with E-state index in [0.29, 0.717) is 0 Å². The molecule has 0 amide bonds. The van der Waals surface area contributed by atoms with Gasteiger partial charge in [-0.25, -0.2) is 4.98 Å². The van der Waals surface area contributed by atoms with Crippen LogP contribution in [-0.4, -0.2) is 20.5 Å². The van der Waals surface area contributed by atoms with Crippen molar-refractivity contribution in [3.05, 3.63) is 36.3 Å². The molecule has 4 nitrogen and oxygen atoms in total. The first-order valence-electron chi connectivity index (χ1n) is 5.75. The summed E-state index contributed by atoms with van der Waals surface area (Å²) in [4.78, 5) is 11.9. The molecule has 2 aromatic rings. The van der Waals surface area contributed by atoms with Crippen LogP contribution in [-0.2, 0) is 6.54 Å². The Morgan fingerprint density at radius 2 is 2.06 bits per heavy atom. The van der Waals surface area contributed by atoms with Crippen molar-refractivity contribution in [2.45, 2.75) is 32.9 Å². The van der Waals surface area contributed by atoms with Crippen molar-refractivity contribution < 1.29 is 0 Å². The lowest BCUT2D eigenvalue weighted by Gasteiger charge is -2.19. The summed E-state index contributed by atoms with van der Waals surface area (Å²) < 4.78 is 0. The molecule has 0 aliphatic carbocycles. The maximum absolute atomic E-state index is 4.33. The lowest BCUT2D eigenvalue weighted by Crippen LogP contribution is -2.35. The molecule has 0 aliphatic rings. The summed E-state index contributed by atoms with van der Waals surface area (Å²) in [6, 6.07) is 5.80. The molecule has 17 heavy (non-hydrogen) atoms. The summed E-state index contributed by atoms with van der Waals surface area (Å²) in [5.41, 5.74) is 2.05. The van der Waals surface area contributed by atoms with Gasteiger partial charge in [-0.3, -0.25) is 4.98 Å². The van der Waals surface area contributed by atoms with Gasteiger partial charge < -0.3 is 10.3 Å². The molecule has 0 bridgehead atoms. The van der Waals surface area contributed by atoms with Gasteiger partial charge in [0, 0.05) is 24.0 Å². The second kappa shape index (κ2) is 4.67. The van der Waals surface area contributed by atoms with Crippen molar-refractivity contribution in [3.63, 3.8) is 0 Å². The van der Waals surface area contributed by atoms with Gasteiger partial charge >= 0.3 is 0 Å². The summed E-state index contributed by atoms with van der Waals surface area (Å²) >= 11 is 0. The zero-order valence-corrected chi connectivity index (χ0v) is 10.5. The van der Waals surface area contributed by atoms with Crippen LogP contribution in [0.1, 0.15) is 26.5 Å². The fourth-order valence-electron chi connectivity index (χ4n) is 1.44. The topological polar surface area (TPSA) is 53.6 Å². The fraction of sp³-hybridized carbons (Fsp3) is 0.385. The van der Waals surface area contributed by atoms with Gasteiger partial charge in [-0.1, -0.05) is 6.07 Å². The van der Waals surface area contributed by atoms with Crippen LogP contribution in [0, 0.1) is 0 Å². The summed E-state index contributed by atoms with van der Waals surface area (Å²) in [6.45, 7) is 7.21. The monoisotopic (exact) mass is 230 g/mol. The molecule has 0 aromatic carbocycles. The third-order valence-corrected chi connectivity index (χ3v) is 2.35. The molecule has 0 radical (unpaired) electrons. The standard InChI is InChI=1S/C13H18N4/c1-13(2,3)16-9-10-8-15-12(17-10)11-6-4-5-7-14-11/h4-8,16H,9H2,1-3H3,(H,15,17). The van der Waals surface area contributed by atoms with Crippen molar-refractivity contribution in [3.8, 4) is 11.5 Å². The number of nitrogens with zero attached hydrogens (tertiary/aromatic N) is 2. The number of aromatic amines is 1. The van der Waals surface area contributed by atoms with Crippen molar-refractivity contribution in [2.24, 2.45) is 0 Å². The summed E-state index contributed by atoms with van der Waals surface area (Å²) in [5, 5.41) is 3.41. The number of pyridine rings is 1. The van der Waals surface area contributed by atoms with E-state index in [1.54, 1.807) is 6.20 Å². The van der Waals surface area contributed by atoms with Crippen molar-refractivity contribution in [1.29, 1.82) is 0 Å². The highest BCUT2D eigenvalue weighted by atomic mass is 15.0. The minimum absolute atomic E-state index is 0.107. The van der Waals surface area contributed by atoms with Crippen LogP contribution in [0.4, 0.5) is 0 Å². The number of H-pyrrole nitrogens is 1. The van der Waals surface area contributed by atoms with Gasteiger partial charge in [0.15, 0.2) is 5.82 Å². The van der Waals surface area contributed by atoms with Gasteiger partial charge in [0.25, 0.3) is 0 Å². The van der Waals surface area contributed by atoms with Crippen LogP contribution in [0.3, 0.4) is 0 Å². The Bertz CT molecular complexity index is 468. The Balaban J connectivity index is 2.07. The second-order valence-electron chi connectivity index (χ2n) is 5.08. The molecule has 4 heteroatoms. The smallest absolute Gasteiger partial charge is 0.156 e. The number of aromatic nitrogens is 3. The van der Waals surface area contributed by atoms with Crippen LogP contribution < -0.4 is 5.32 Å². The molecular formula is C13H18N4. The molecule has 0 saturated carbocycles. The average Bonchev–Trinajstić information content (AvgIpc) is 2.75. The first kappa shape index (κ1) is 11.8. The first-order chi connectivity index (χ1) is 8.04. The average molecular weight is 230 g/mol. The van der Waals surface area contributed by atoms with Crippen molar-refractivity contribution >= 4 is 0 Å². The minimum Gasteiger partial charge on any atom is -0.339 e. The Morgan fingerprint density at radius 1 is 1.24 bits per heavy atom. The van der Waals surface area contributed by atoms with Crippen LogP contribution in [0.5, 0.6) is 0 Å². The molecule has 0 atom stereocenters. The molecule has 2 aromatic heterocycles. The third-order valence-electron chi connectivity index (χ3n) is 2.35. The van der Waals surface area contributed by atoms with E-state index in [1.165, 1.54) is 0 Å². The lowest BCUT2D eigenvalue weighted by atomic mass is 10.1. The summed E-state index contributed by atoms with van der Waals surface area (Å²) in [6.07, 6.45) is 3.62. The third kappa shape index (κ3) is 3.39. The highest BCUT2D eigenvalue weighted by Gasteiger charge is 2.10.